The van der Waals surface area contributed by atoms with Gasteiger partial charge in [0.05, 0.1) is 16.8 Å². The van der Waals surface area contributed by atoms with Gasteiger partial charge in [0, 0.05) is 0 Å². The topological polar surface area (TPSA) is 122 Å². The quantitative estimate of drug-likeness (QED) is 0.452. The van der Waals surface area contributed by atoms with Gasteiger partial charge in [-0.25, -0.2) is 14.2 Å². The van der Waals surface area contributed by atoms with Crippen molar-refractivity contribution in [2.75, 3.05) is 5.09 Å². The van der Waals surface area contributed by atoms with Crippen LogP contribution < -0.4 is 14.1 Å². The minimum atomic E-state index is -4.29. The fourth-order valence-electron chi connectivity index (χ4n) is 2.47. The molecule has 0 aliphatic rings. The van der Waals surface area contributed by atoms with E-state index in [1.54, 1.807) is 36.4 Å². The van der Waals surface area contributed by atoms with Gasteiger partial charge in [0.1, 0.15) is 11.5 Å². The molecule has 3 aromatic carbocycles. The minimum absolute atomic E-state index is 0.184. The molecule has 29 heavy (non-hydrogen) atoms. The van der Waals surface area contributed by atoms with Gasteiger partial charge in [-0.1, -0.05) is 42.5 Å². The molecule has 0 spiro atoms. The second-order valence-electron chi connectivity index (χ2n) is 5.76. The summed E-state index contributed by atoms with van der Waals surface area (Å²) in [5.74, 6) is -2.43. The highest BCUT2D eigenvalue weighted by Crippen LogP contribution is 2.49. The fourth-order valence-corrected chi connectivity index (χ4v) is 3.91. The van der Waals surface area contributed by atoms with E-state index in [-0.39, 0.29) is 17.2 Å². The maximum Gasteiger partial charge on any atom is 0.541 e. The number of anilines is 1. The number of aromatic carboxylic acids is 2. The number of carboxylic acids is 2. The Kier molecular flexibility index (Phi) is 5.85. The van der Waals surface area contributed by atoms with Crippen LogP contribution in [0.5, 0.6) is 11.5 Å². The van der Waals surface area contributed by atoms with Crippen LogP contribution in [0.3, 0.4) is 0 Å². The van der Waals surface area contributed by atoms with Crippen LogP contribution in [0.4, 0.5) is 5.69 Å². The van der Waals surface area contributed by atoms with Crippen LogP contribution in [0.25, 0.3) is 0 Å². The van der Waals surface area contributed by atoms with E-state index in [1.165, 1.54) is 42.5 Å². The van der Waals surface area contributed by atoms with Crippen LogP contribution in [-0.4, -0.2) is 22.2 Å². The molecule has 0 aromatic heterocycles. The molecule has 0 aliphatic heterocycles. The molecule has 0 heterocycles. The third kappa shape index (κ3) is 4.94. The largest absolute Gasteiger partial charge is 0.541 e. The predicted octanol–water partition coefficient (Wildman–Crippen LogP) is 4.76. The lowest BCUT2D eigenvalue weighted by atomic mass is 10.1. The zero-order valence-electron chi connectivity index (χ0n) is 14.9. The van der Waals surface area contributed by atoms with Gasteiger partial charge in [-0.05, 0) is 36.4 Å². The molecule has 0 atom stereocenters. The van der Waals surface area contributed by atoms with E-state index < -0.39 is 30.8 Å². The molecule has 148 valence electrons. The number of benzene rings is 3. The second kappa shape index (κ2) is 8.50. The molecule has 9 heteroatoms. The summed E-state index contributed by atoms with van der Waals surface area (Å²) in [6.07, 6.45) is 0. The highest BCUT2D eigenvalue weighted by Gasteiger charge is 2.33. The van der Waals surface area contributed by atoms with E-state index in [2.05, 4.69) is 5.09 Å². The fraction of sp³-hybridized carbons (Fsp3) is 0. The first kappa shape index (κ1) is 20.0. The Balaban J connectivity index is 2.07. The number of carbonyl (C=O) groups is 2. The zero-order chi connectivity index (χ0) is 20.9. The number of nitrogens with one attached hydrogen (secondary N) is 1. The van der Waals surface area contributed by atoms with Crippen molar-refractivity contribution in [2.24, 2.45) is 0 Å². The number of carboxylic acid groups (broad SMARTS) is 2. The van der Waals surface area contributed by atoms with Crippen LogP contribution in [0.1, 0.15) is 20.7 Å². The minimum Gasteiger partial charge on any atom is -0.478 e. The van der Waals surface area contributed by atoms with Gasteiger partial charge in [-0.15, -0.1) is 0 Å². The van der Waals surface area contributed by atoms with Gasteiger partial charge in [-0.3, -0.25) is 5.09 Å². The maximum atomic E-state index is 13.5. The molecule has 0 amide bonds. The van der Waals surface area contributed by atoms with E-state index in [4.69, 9.17) is 9.05 Å². The molecule has 0 fully saturated rings. The Morgan fingerprint density at radius 3 is 1.48 bits per heavy atom. The molecule has 0 aliphatic carbocycles. The Labute approximate surface area is 165 Å². The third-order valence-electron chi connectivity index (χ3n) is 3.71. The van der Waals surface area contributed by atoms with Crippen molar-refractivity contribution in [1.82, 2.24) is 0 Å². The summed E-state index contributed by atoms with van der Waals surface area (Å²) in [5.41, 5.74) is -1.17. The second-order valence-corrected chi connectivity index (χ2v) is 7.34. The maximum absolute atomic E-state index is 13.5. The summed E-state index contributed by atoms with van der Waals surface area (Å²) in [6.45, 7) is 0. The third-order valence-corrected chi connectivity index (χ3v) is 5.11. The number of hydrogen-bond acceptors (Lipinski definition) is 5. The van der Waals surface area contributed by atoms with E-state index in [1.807, 2.05) is 0 Å². The summed E-state index contributed by atoms with van der Waals surface area (Å²) in [6, 6.07) is 19.8. The molecule has 0 radical (unpaired) electrons. The molecule has 3 aromatic rings. The molecule has 0 unspecified atom stereocenters. The first-order valence-electron chi connectivity index (χ1n) is 8.35. The lowest BCUT2D eigenvalue weighted by Gasteiger charge is -2.22. The Morgan fingerprint density at radius 1 is 0.690 bits per heavy atom. The summed E-state index contributed by atoms with van der Waals surface area (Å²) < 4.78 is 24.6. The summed E-state index contributed by atoms with van der Waals surface area (Å²) in [7, 11) is -4.29. The standard InChI is InChI=1S/C20H16NO7P/c22-19(23)16-12-7-13-17(20(24)25)18(16)21-29(26,27-14-8-3-1-4-9-14)28-15-10-5-2-6-11-15/h1-13H,(H,21,26)(H,22,23)(H,24,25). The average Bonchev–Trinajstić information content (AvgIpc) is 2.69. The Morgan fingerprint density at radius 2 is 1.10 bits per heavy atom. The summed E-state index contributed by atoms with van der Waals surface area (Å²) >= 11 is 0. The zero-order valence-corrected chi connectivity index (χ0v) is 15.8. The first-order chi connectivity index (χ1) is 13.9. The molecule has 0 saturated heterocycles. The lowest BCUT2D eigenvalue weighted by Crippen LogP contribution is -2.15. The van der Waals surface area contributed by atoms with Crippen LogP contribution in [-0.2, 0) is 4.57 Å². The SMILES string of the molecule is O=C(O)c1cccc(C(=O)O)c1NP(=O)(Oc1ccccc1)Oc1ccccc1. The van der Waals surface area contributed by atoms with Crippen LogP contribution in [0.15, 0.2) is 78.9 Å². The number of hydrogen-bond donors (Lipinski definition) is 3. The molecule has 3 rings (SSSR count). The van der Waals surface area contributed by atoms with E-state index in [0.717, 1.165) is 0 Å². The van der Waals surface area contributed by atoms with Crippen molar-refractivity contribution in [3.8, 4) is 11.5 Å². The first-order valence-corrected chi connectivity index (χ1v) is 9.89. The lowest BCUT2D eigenvalue weighted by molar-refractivity contribution is 0.0696. The highest BCUT2D eigenvalue weighted by molar-refractivity contribution is 7.56. The van der Waals surface area contributed by atoms with Crippen molar-refractivity contribution in [1.29, 1.82) is 0 Å². The van der Waals surface area contributed by atoms with Gasteiger partial charge < -0.3 is 19.3 Å². The van der Waals surface area contributed by atoms with Crippen molar-refractivity contribution >= 4 is 25.4 Å². The van der Waals surface area contributed by atoms with Gasteiger partial charge in [-0.2, -0.15) is 0 Å². The molecule has 3 N–H and O–H groups in total. The summed E-state index contributed by atoms with van der Waals surface area (Å²) in [5, 5.41) is 21.3. The smallest absolute Gasteiger partial charge is 0.478 e. The Hall–Kier alpha value is -3.77. The molecule has 0 saturated carbocycles. The average molecular weight is 413 g/mol. The normalized spacial score (nSPS) is 10.8. The van der Waals surface area contributed by atoms with E-state index in [9.17, 15) is 24.4 Å². The van der Waals surface area contributed by atoms with Gasteiger partial charge >= 0.3 is 19.7 Å². The van der Waals surface area contributed by atoms with Crippen LogP contribution in [0.2, 0.25) is 0 Å². The monoisotopic (exact) mass is 413 g/mol. The highest BCUT2D eigenvalue weighted by atomic mass is 31.2. The Bertz CT molecular complexity index is 993. The molecular formula is C20H16NO7P. The van der Waals surface area contributed by atoms with Gasteiger partial charge in [0.2, 0.25) is 0 Å². The van der Waals surface area contributed by atoms with Crippen molar-refractivity contribution in [3.05, 3.63) is 90.0 Å². The molecular weight excluding hydrogens is 397 g/mol. The van der Waals surface area contributed by atoms with E-state index >= 15 is 0 Å². The number of para-hydroxylation sites is 3. The summed E-state index contributed by atoms with van der Waals surface area (Å²) in [4.78, 5) is 23.2. The molecule has 0 bridgehead atoms. The van der Waals surface area contributed by atoms with E-state index in [0.29, 0.717) is 0 Å². The van der Waals surface area contributed by atoms with Gasteiger partial charge in [0.25, 0.3) is 0 Å². The molecule has 8 nitrogen and oxygen atoms in total. The predicted molar refractivity (Wildman–Crippen MR) is 106 cm³/mol. The van der Waals surface area contributed by atoms with Crippen molar-refractivity contribution in [2.45, 2.75) is 0 Å². The van der Waals surface area contributed by atoms with Gasteiger partial charge in [0.15, 0.2) is 0 Å². The van der Waals surface area contributed by atoms with Crippen molar-refractivity contribution in [3.63, 3.8) is 0 Å². The van der Waals surface area contributed by atoms with Crippen LogP contribution >= 0.6 is 7.75 Å². The number of rotatable bonds is 8. The van der Waals surface area contributed by atoms with Crippen LogP contribution in [0, 0.1) is 0 Å². The van der Waals surface area contributed by atoms with Crippen molar-refractivity contribution < 1.29 is 33.4 Å².